The smallest absolute Gasteiger partial charge is 0.428 e. The number of nitrogens with zero attached hydrogens (tertiary/aromatic N) is 2. The third-order valence-electron chi connectivity index (χ3n) is 4.03. The number of rotatable bonds is 4. The Morgan fingerprint density at radius 2 is 1.62 bits per heavy atom. The number of hydrogen-bond acceptors (Lipinski definition) is 4. The van der Waals surface area contributed by atoms with Crippen molar-refractivity contribution in [3.63, 3.8) is 0 Å². The molecule has 0 fully saturated rings. The van der Waals surface area contributed by atoms with Gasteiger partial charge in [-0.2, -0.15) is 5.10 Å². The van der Waals surface area contributed by atoms with Crippen LogP contribution < -0.4 is 11.0 Å². The maximum Gasteiger partial charge on any atom is 0.428 e. The number of ether oxygens (including phenoxy) is 1. The quantitative estimate of drug-likeness (QED) is 0.523. The Bertz CT molecular complexity index is 1070. The van der Waals surface area contributed by atoms with Gasteiger partial charge < -0.3 is 4.74 Å². The van der Waals surface area contributed by atoms with Crippen LogP contribution >= 0.6 is 0 Å². The Morgan fingerprint density at radius 1 is 1.03 bits per heavy atom. The first-order valence-electron chi connectivity index (χ1n) is 9.26. The van der Waals surface area contributed by atoms with Gasteiger partial charge >= 0.3 is 6.09 Å². The summed E-state index contributed by atoms with van der Waals surface area (Å²) in [6.45, 7) is 7.10. The minimum Gasteiger partial charge on any atom is -0.443 e. The molecule has 0 unspecified atom stereocenters. The first-order chi connectivity index (χ1) is 13.8. The molecule has 0 aliphatic carbocycles. The molecule has 0 spiro atoms. The molecule has 0 saturated carbocycles. The minimum atomic E-state index is -0.692. The Labute approximate surface area is 169 Å². The maximum atomic E-state index is 13.2. The van der Waals surface area contributed by atoms with E-state index in [9.17, 15) is 9.59 Å². The highest BCUT2D eigenvalue weighted by Gasteiger charge is 2.21. The van der Waals surface area contributed by atoms with Gasteiger partial charge in [0.25, 0.3) is 5.56 Å². The molecule has 150 valence electrons. The van der Waals surface area contributed by atoms with Crippen LogP contribution in [0.4, 0.5) is 4.79 Å². The van der Waals surface area contributed by atoms with E-state index < -0.39 is 11.7 Å². The summed E-state index contributed by atoms with van der Waals surface area (Å²) in [6, 6.07) is 18.5. The molecular formula is C22H24N4O3. The number of hydrogen-bond donors (Lipinski definition) is 2. The third kappa shape index (κ3) is 4.82. The van der Waals surface area contributed by atoms with Crippen molar-refractivity contribution in [1.82, 2.24) is 15.2 Å². The molecule has 3 rings (SSSR count). The van der Waals surface area contributed by atoms with Gasteiger partial charge in [0.2, 0.25) is 0 Å². The standard InChI is InChI=1S/C22H24N4O3/c1-15-18(20(27)26(25-15)17-13-9-6-10-14-17)19(16-11-7-5-8-12-16)23-24-21(28)29-22(2,3)4/h5-14,25H,1-4H3,(H,24,28)/b23-19-. The molecule has 0 atom stereocenters. The second-order valence-corrected chi connectivity index (χ2v) is 7.53. The number of amides is 1. The van der Waals surface area contributed by atoms with E-state index in [1.54, 1.807) is 27.7 Å². The molecule has 1 amide bonds. The number of aryl methyl sites for hydroxylation is 1. The fraction of sp³-hybridized carbons (Fsp3) is 0.227. The molecule has 0 saturated heterocycles. The summed E-state index contributed by atoms with van der Waals surface area (Å²) < 4.78 is 6.70. The van der Waals surface area contributed by atoms with Crippen LogP contribution in [0.15, 0.2) is 70.6 Å². The zero-order chi connectivity index (χ0) is 21.0. The van der Waals surface area contributed by atoms with Gasteiger partial charge in [0.1, 0.15) is 11.3 Å². The van der Waals surface area contributed by atoms with Crippen molar-refractivity contribution in [2.24, 2.45) is 5.10 Å². The van der Waals surface area contributed by atoms with Crippen LogP contribution in [0, 0.1) is 6.92 Å². The number of H-pyrrole nitrogens is 1. The predicted molar refractivity (Wildman–Crippen MR) is 113 cm³/mol. The van der Waals surface area contributed by atoms with Crippen molar-refractivity contribution in [2.45, 2.75) is 33.3 Å². The highest BCUT2D eigenvalue weighted by molar-refractivity contribution is 6.13. The SMILES string of the molecule is Cc1[nH]n(-c2ccccc2)c(=O)c1/C(=N\NC(=O)OC(C)(C)C)c1ccccc1. The molecule has 7 nitrogen and oxygen atoms in total. The van der Waals surface area contributed by atoms with E-state index in [1.807, 2.05) is 60.7 Å². The fourth-order valence-corrected chi connectivity index (χ4v) is 2.85. The molecule has 0 aliphatic rings. The van der Waals surface area contributed by atoms with Crippen molar-refractivity contribution in [1.29, 1.82) is 0 Å². The van der Waals surface area contributed by atoms with Gasteiger partial charge in [-0.3, -0.25) is 9.89 Å². The Kier molecular flexibility index (Phi) is 5.68. The Morgan fingerprint density at radius 3 is 2.21 bits per heavy atom. The number of aromatic amines is 1. The number of carbonyl (C=O) groups excluding carboxylic acids is 1. The lowest BCUT2D eigenvalue weighted by Crippen LogP contribution is -2.31. The molecule has 1 heterocycles. The van der Waals surface area contributed by atoms with E-state index in [2.05, 4.69) is 15.6 Å². The number of hydrazone groups is 1. The van der Waals surface area contributed by atoms with E-state index >= 15 is 0 Å². The summed E-state index contributed by atoms with van der Waals surface area (Å²) in [5, 5.41) is 7.32. The van der Waals surface area contributed by atoms with Crippen LogP contribution in [0.5, 0.6) is 0 Å². The molecule has 29 heavy (non-hydrogen) atoms. The first-order valence-corrected chi connectivity index (χ1v) is 9.26. The lowest BCUT2D eigenvalue weighted by atomic mass is 10.0. The number of benzene rings is 2. The third-order valence-corrected chi connectivity index (χ3v) is 4.03. The van der Waals surface area contributed by atoms with E-state index in [0.29, 0.717) is 28.2 Å². The van der Waals surface area contributed by atoms with Crippen LogP contribution in [0.2, 0.25) is 0 Å². The molecule has 3 aromatic rings. The highest BCUT2D eigenvalue weighted by atomic mass is 16.6. The average Bonchev–Trinajstić information content (AvgIpc) is 2.97. The van der Waals surface area contributed by atoms with Gasteiger partial charge in [0.15, 0.2) is 0 Å². The van der Waals surface area contributed by atoms with Gasteiger partial charge in [-0.1, -0.05) is 48.5 Å². The van der Waals surface area contributed by atoms with Gasteiger partial charge in [-0.15, -0.1) is 0 Å². The first kappa shape index (κ1) is 20.1. The number of aromatic nitrogens is 2. The van der Waals surface area contributed by atoms with Crippen LogP contribution in [0.1, 0.15) is 37.6 Å². The topological polar surface area (TPSA) is 88.5 Å². The summed E-state index contributed by atoms with van der Waals surface area (Å²) in [4.78, 5) is 25.3. The molecular weight excluding hydrogens is 368 g/mol. The minimum absolute atomic E-state index is 0.262. The van der Waals surface area contributed by atoms with E-state index in [1.165, 1.54) is 4.68 Å². The van der Waals surface area contributed by atoms with Gasteiger partial charge in [-0.25, -0.2) is 14.9 Å². The van der Waals surface area contributed by atoms with Gasteiger partial charge in [0, 0.05) is 11.3 Å². The van der Waals surface area contributed by atoms with Crippen LogP contribution in [-0.4, -0.2) is 27.2 Å². The van der Waals surface area contributed by atoms with E-state index in [0.717, 1.165) is 0 Å². The highest BCUT2D eigenvalue weighted by Crippen LogP contribution is 2.13. The molecule has 0 aliphatic heterocycles. The van der Waals surface area contributed by atoms with E-state index in [-0.39, 0.29) is 5.56 Å². The van der Waals surface area contributed by atoms with Crippen molar-refractivity contribution in [3.05, 3.63) is 87.8 Å². The zero-order valence-corrected chi connectivity index (χ0v) is 16.9. The molecule has 2 N–H and O–H groups in total. The second-order valence-electron chi connectivity index (χ2n) is 7.53. The average molecular weight is 392 g/mol. The summed E-state index contributed by atoms with van der Waals surface area (Å²) in [5.74, 6) is 0. The number of para-hydroxylation sites is 1. The van der Waals surface area contributed by atoms with Crippen molar-refractivity contribution < 1.29 is 9.53 Å². The molecule has 0 bridgehead atoms. The van der Waals surface area contributed by atoms with Crippen molar-refractivity contribution in [2.75, 3.05) is 0 Å². The summed E-state index contributed by atoms with van der Waals surface area (Å²) in [7, 11) is 0. The Balaban J connectivity index is 2.06. The van der Waals surface area contributed by atoms with Crippen LogP contribution in [0.3, 0.4) is 0 Å². The normalized spacial score (nSPS) is 11.9. The van der Waals surface area contributed by atoms with Crippen LogP contribution in [-0.2, 0) is 4.74 Å². The summed E-state index contributed by atoms with van der Waals surface area (Å²) >= 11 is 0. The molecule has 2 aromatic carbocycles. The van der Waals surface area contributed by atoms with Crippen molar-refractivity contribution in [3.8, 4) is 5.69 Å². The molecule has 1 aromatic heterocycles. The van der Waals surface area contributed by atoms with Gasteiger partial charge in [-0.05, 0) is 39.8 Å². The predicted octanol–water partition coefficient (Wildman–Crippen LogP) is 3.75. The largest absolute Gasteiger partial charge is 0.443 e. The van der Waals surface area contributed by atoms with Gasteiger partial charge in [0.05, 0.1) is 11.3 Å². The monoisotopic (exact) mass is 392 g/mol. The number of carbonyl (C=O) groups is 1. The zero-order valence-electron chi connectivity index (χ0n) is 16.9. The Hall–Kier alpha value is -3.61. The summed E-state index contributed by atoms with van der Waals surface area (Å²) in [6.07, 6.45) is -0.692. The van der Waals surface area contributed by atoms with E-state index in [4.69, 9.17) is 4.74 Å². The fourth-order valence-electron chi connectivity index (χ4n) is 2.85. The maximum absolute atomic E-state index is 13.2. The lowest BCUT2D eigenvalue weighted by molar-refractivity contribution is 0.0529. The van der Waals surface area contributed by atoms with Crippen molar-refractivity contribution >= 4 is 11.8 Å². The van der Waals surface area contributed by atoms with Crippen LogP contribution in [0.25, 0.3) is 5.69 Å². The number of nitrogens with one attached hydrogen (secondary N) is 2. The molecule has 7 heteroatoms. The summed E-state index contributed by atoms with van der Waals surface area (Å²) in [5.41, 5.74) is 4.25. The lowest BCUT2D eigenvalue weighted by Gasteiger charge is -2.18. The molecule has 0 radical (unpaired) electrons. The second kappa shape index (κ2) is 8.18.